The third-order valence-electron chi connectivity index (χ3n) is 3.16. The summed E-state index contributed by atoms with van der Waals surface area (Å²) >= 11 is 0. The Balaban J connectivity index is 2.31. The van der Waals surface area contributed by atoms with E-state index in [0.29, 0.717) is 11.3 Å². The molecule has 3 nitrogen and oxygen atoms in total. The molecule has 0 spiro atoms. The number of aromatic carboxylic acids is 1. The summed E-state index contributed by atoms with van der Waals surface area (Å²) in [6.07, 6.45) is 0. The van der Waals surface area contributed by atoms with E-state index in [4.69, 9.17) is 0 Å². The number of anilines is 1. The molecule has 1 unspecified atom stereocenters. The van der Waals surface area contributed by atoms with Crippen molar-refractivity contribution < 1.29 is 9.90 Å². The minimum absolute atomic E-state index is 0.0559. The second-order valence-electron chi connectivity index (χ2n) is 4.58. The topological polar surface area (TPSA) is 49.3 Å². The smallest absolute Gasteiger partial charge is 0.337 e. The van der Waals surface area contributed by atoms with Gasteiger partial charge in [-0.1, -0.05) is 42.5 Å². The molecule has 2 N–H and O–H groups in total. The van der Waals surface area contributed by atoms with Gasteiger partial charge in [0, 0.05) is 6.04 Å². The molecule has 0 saturated heterocycles. The molecule has 1 atom stereocenters. The highest BCUT2D eigenvalue weighted by molar-refractivity contribution is 5.95. The van der Waals surface area contributed by atoms with E-state index in [1.807, 2.05) is 50.2 Å². The molecule has 0 radical (unpaired) electrons. The van der Waals surface area contributed by atoms with Crippen LogP contribution in [0.4, 0.5) is 5.69 Å². The fourth-order valence-electron chi connectivity index (χ4n) is 2.08. The number of carbonyl (C=O) groups is 1. The van der Waals surface area contributed by atoms with Gasteiger partial charge in [0.2, 0.25) is 0 Å². The van der Waals surface area contributed by atoms with Crippen molar-refractivity contribution in [2.45, 2.75) is 19.9 Å². The van der Waals surface area contributed by atoms with E-state index >= 15 is 0 Å². The predicted molar refractivity (Wildman–Crippen MR) is 76.6 cm³/mol. The van der Waals surface area contributed by atoms with Crippen LogP contribution in [-0.2, 0) is 0 Å². The molecule has 0 fully saturated rings. The number of benzene rings is 2. The van der Waals surface area contributed by atoms with Gasteiger partial charge in [-0.05, 0) is 31.0 Å². The molecule has 3 heteroatoms. The van der Waals surface area contributed by atoms with Gasteiger partial charge in [-0.15, -0.1) is 0 Å². The first-order valence-corrected chi connectivity index (χ1v) is 6.24. The second kappa shape index (κ2) is 5.57. The lowest BCUT2D eigenvalue weighted by atomic mass is 10.0. The van der Waals surface area contributed by atoms with Gasteiger partial charge < -0.3 is 10.4 Å². The first kappa shape index (κ1) is 13.1. The van der Waals surface area contributed by atoms with Gasteiger partial charge in [0.25, 0.3) is 0 Å². The minimum atomic E-state index is -0.911. The first-order valence-electron chi connectivity index (χ1n) is 6.24. The lowest BCUT2D eigenvalue weighted by Gasteiger charge is -2.19. The molecule has 0 heterocycles. The van der Waals surface area contributed by atoms with Crippen LogP contribution in [-0.4, -0.2) is 11.1 Å². The van der Waals surface area contributed by atoms with E-state index in [0.717, 1.165) is 11.1 Å². The van der Waals surface area contributed by atoms with Crippen molar-refractivity contribution in [1.29, 1.82) is 0 Å². The minimum Gasteiger partial charge on any atom is -0.478 e. The number of carboxylic acids is 1. The molecule has 0 aliphatic rings. The normalized spacial score (nSPS) is 11.9. The number of carboxylic acid groups (broad SMARTS) is 1. The van der Waals surface area contributed by atoms with Crippen LogP contribution in [0.3, 0.4) is 0 Å². The molecule has 0 amide bonds. The molecular weight excluding hydrogens is 238 g/mol. The molecule has 19 heavy (non-hydrogen) atoms. The van der Waals surface area contributed by atoms with Crippen molar-refractivity contribution in [1.82, 2.24) is 0 Å². The Morgan fingerprint density at radius 1 is 1.11 bits per heavy atom. The van der Waals surface area contributed by atoms with Gasteiger partial charge in [-0.2, -0.15) is 0 Å². The van der Waals surface area contributed by atoms with Gasteiger partial charge >= 0.3 is 5.97 Å². The Kier molecular flexibility index (Phi) is 3.85. The molecule has 0 bridgehead atoms. The van der Waals surface area contributed by atoms with Crippen molar-refractivity contribution >= 4 is 11.7 Å². The largest absolute Gasteiger partial charge is 0.478 e. The van der Waals surface area contributed by atoms with Crippen LogP contribution in [0.5, 0.6) is 0 Å². The zero-order valence-electron chi connectivity index (χ0n) is 11.1. The summed E-state index contributed by atoms with van der Waals surface area (Å²) in [5.74, 6) is -0.911. The van der Waals surface area contributed by atoms with Crippen LogP contribution in [0.15, 0.2) is 48.5 Å². The summed E-state index contributed by atoms with van der Waals surface area (Å²) in [5.41, 5.74) is 3.05. The number of nitrogens with one attached hydrogen (secondary N) is 1. The van der Waals surface area contributed by atoms with E-state index in [1.165, 1.54) is 0 Å². The highest BCUT2D eigenvalue weighted by Gasteiger charge is 2.14. The quantitative estimate of drug-likeness (QED) is 0.872. The lowest BCUT2D eigenvalue weighted by molar-refractivity contribution is 0.0698. The maximum absolute atomic E-state index is 11.3. The average Bonchev–Trinajstić information content (AvgIpc) is 2.41. The maximum atomic E-state index is 11.3. The maximum Gasteiger partial charge on any atom is 0.337 e. The zero-order valence-corrected chi connectivity index (χ0v) is 11.1. The second-order valence-corrected chi connectivity index (χ2v) is 4.58. The standard InChI is InChI=1S/C16H17NO2/c1-11-7-6-10-14(16(18)19)15(11)17-12(2)13-8-4-3-5-9-13/h3-10,12,17H,1-2H3,(H,18,19). The Morgan fingerprint density at radius 2 is 1.79 bits per heavy atom. The Labute approximate surface area is 112 Å². The molecule has 2 rings (SSSR count). The van der Waals surface area contributed by atoms with E-state index in [9.17, 15) is 9.90 Å². The van der Waals surface area contributed by atoms with Crippen molar-refractivity contribution in [3.8, 4) is 0 Å². The zero-order chi connectivity index (χ0) is 13.8. The summed E-state index contributed by atoms with van der Waals surface area (Å²) in [4.78, 5) is 11.3. The van der Waals surface area contributed by atoms with Crippen LogP contribution >= 0.6 is 0 Å². The van der Waals surface area contributed by atoms with Gasteiger partial charge in [0.15, 0.2) is 0 Å². The number of hydrogen-bond acceptors (Lipinski definition) is 2. The van der Waals surface area contributed by atoms with Crippen LogP contribution in [0.1, 0.15) is 34.5 Å². The Hall–Kier alpha value is -2.29. The molecule has 98 valence electrons. The van der Waals surface area contributed by atoms with Gasteiger partial charge in [-0.3, -0.25) is 0 Å². The van der Waals surface area contributed by atoms with Crippen molar-refractivity contribution in [2.24, 2.45) is 0 Å². The van der Waals surface area contributed by atoms with E-state index in [2.05, 4.69) is 5.32 Å². The monoisotopic (exact) mass is 255 g/mol. The molecule has 0 saturated carbocycles. The SMILES string of the molecule is Cc1cccc(C(=O)O)c1NC(C)c1ccccc1. The Morgan fingerprint density at radius 3 is 2.42 bits per heavy atom. The number of hydrogen-bond donors (Lipinski definition) is 2. The molecule has 0 aliphatic carbocycles. The van der Waals surface area contributed by atoms with E-state index in [1.54, 1.807) is 12.1 Å². The fourth-order valence-corrected chi connectivity index (χ4v) is 2.08. The van der Waals surface area contributed by atoms with Gasteiger partial charge in [0.05, 0.1) is 11.3 Å². The lowest BCUT2D eigenvalue weighted by Crippen LogP contribution is -2.11. The van der Waals surface area contributed by atoms with Crippen molar-refractivity contribution in [2.75, 3.05) is 5.32 Å². The van der Waals surface area contributed by atoms with Crippen molar-refractivity contribution in [3.05, 3.63) is 65.2 Å². The molecule has 2 aromatic carbocycles. The Bertz CT molecular complexity index is 579. The molecule has 0 aromatic heterocycles. The summed E-state index contributed by atoms with van der Waals surface area (Å²) in [5, 5.41) is 12.5. The highest BCUT2D eigenvalue weighted by atomic mass is 16.4. The summed E-state index contributed by atoms with van der Waals surface area (Å²) in [6.45, 7) is 3.93. The predicted octanol–water partition coefficient (Wildman–Crippen LogP) is 3.87. The third-order valence-corrected chi connectivity index (χ3v) is 3.16. The summed E-state index contributed by atoms with van der Waals surface area (Å²) < 4.78 is 0. The van der Waals surface area contributed by atoms with E-state index in [-0.39, 0.29) is 6.04 Å². The summed E-state index contributed by atoms with van der Waals surface area (Å²) in [7, 11) is 0. The molecule has 2 aromatic rings. The van der Waals surface area contributed by atoms with E-state index < -0.39 is 5.97 Å². The number of rotatable bonds is 4. The summed E-state index contributed by atoms with van der Waals surface area (Å²) in [6, 6.07) is 15.3. The number of aryl methyl sites for hydroxylation is 1. The van der Waals surface area contributed by atoms with Gasteiger partial charge in [0.1, 0.15) is 0 Å². The average molecular weight is 255 g/mol. The first-order chi connectivity index (χ1) is 9.09. The van der Waals surface area contributed by atoms with Crippen molar-refractivity contribution in [3.63, 3.8) is 0 Å². The van der Waals surface area contributed by atoms with Crippen LogP contribution in [0.25, 0.3) is 0 Å². The van der Waals surface area contributed by atoms with Crippen LogP contribution in [0, 0.1) is 6.92 Å². The molecule has 0 aliphatic heterocycles. The highest BCUT2D eigenvalue weighted by Crippen LogP contribution is 2.25. The fraction of sp³-hybridized carbons (Fsp3) is 0.188. The van der Waals surface area contributed by atoms with Crippen LogP contribution < -0.4 is 5.32 Å². The molecular formula is C16H17NO2. The van der Waals surface area contributed by atoms with Gasteiger partial charge in [-0.25, -0.2) is 4.79 Å². The number of para-hydroxylation sites is 1. The third kappa shape index (κ3) is 2.94. The van der Waals surface area contributed by atoms with Crippen LogP contribution in [0.2, 0.25) is 0 Å².